The van der Waals surface area contributed by atoms with Gasteiger partial charge in [-0.1, -0.05) is 12.1 Å². The summed E-state index contributed by atoms with van der Waals surface area (Å²) in [7, 11) is -3.16. The molecule has 1 aliphatic heterocycles. The van der Waals surface area contributed by atoms with Crippen molar-refractivity contribution in [2.24, 2.45) is 0 Å². The van der Waals surface area contributed by atoms with Crippen molar-refractivity contribution in [3.05, 3.63) is 59.7 Å². The third-order valence-corrected chi connectivity index (χ3v) is 6.01. The molecule has 1 N–H and O–H groups in total. The molecule has 0 bridgehead atoms. The van der Waals surface area contributed by atoms with Gasteiger partial charge >= 0.3 is 0 Å². The number of nitrogens with one attached hydrogen (secondary N) is 1. The molecule has 5 nitrogen and oxygen atoms in total. The highest BCUT2D eigenvalue weighted by atomic mass is 32.2. The first-order chi connectivity index (χ1) is 12.4. The monoisotopic (exact) mass is 373 g/mol. The topological polar surface area (TPSA) is 66.1 Å². The van der Waals surface area contributed by atoms with E-state index in [0.29, 0.717) is 10.8 Å². The highest BCUT2D eigenvalue weighted by Gasteiger charge is 2.26. The molecule has 1 unspecified atom stereocenters. The summed E-state index contributed by atoms with van der Waals surface area (Å²) in [4.78, 5) is 10.5. The minimum atomic E-state index is -3.16. The number of aromatic nitrogens is 2. The predicted octanol–water partition coefficient (Wildman–Crippen LogP) is 3.10. The lowest BCUT2D eigenvalue weighted by molar-refractivity contribution is 0.326. The maximum absolute atomic E-state index is 13.3. The van der Waals surface area contributed by atoms with Crippen LogP contribution in [0.2, 0.25) is 0 Å². The van der Waals surface area contributed by atoms with Gasteiger partial charge in [-0.2, -0.15) is 0 Å². The van der Waals surface area contributed by atoms with Crippen molar-refractivity contribution in [2.75, 3.05) is 19.3 Å². The van der Waals surface area contributed by atoms with Gasteiger partial charge in [-0.3, -0.25) is 4.90 Å². The van der Waals surface area contributed by atoms with Gasteiger partial charge < -0.3 is 4.98 Å². The molecule has 2 heterocycles. The third kappa shape index (κ3) is 3.50. The summed E-state index contributed by atoms with van der Waals surface area (Å²) >= 11 is 0. The average molecular weight is 373 g/mol. The Morgan fingerprint density at radius 3 is 2.73 bits per heavy atom. The molecule has 26 heavy (non-hydrogen) atoms. The van der Waals surface area contributed by atoms with E-state index in [0.717, 1.165) is 48.5 Å². The van der Waals surface area contributed by atoms with Gasteiger partial charge in [-0.05, 0) is 48.9 Å². The van der Waals surface area contributed by atoms with E-state index >= 15 is 0 Å². The molecule has 0 amide bonds. The maximum Gasteiger partial charge on any atom is 0.175 e. The SMILES string of the molecule is CS(=O)(=O)c1ccc(CN2CCC(c3nc4ccc(F)cc4[nH]3)C2)cc1. The second kappa shape index (κ2) is 6.48. The largest absolute Gasteiger partial charge is 0.342 e. The van der Waals surface area contributed by atoms with Crippen LogP contribution in [-0.2, 0) is 16.4 Å². The number of H-pyrrole nitrogens is 1. The Balaban J connectivity index is 1.44. The molecule has 7 heteroatoms. The van der Waals surface area contributed by atoms with Crippen molar-refractivity contribution in [3.63, 3.8) is 0 Å². The van der Waals surface area contributed by atoms with Gasteiger partial charge in [0, 0.05) is 25.3 Å². The van der Waals surface area contributed by atoms with Gasteiger partial charge in [0.2, 0.25) is 0 Å². The Kier molecular flexibility index (Phi) is 4.28. The molecule has 136 valence electrons. The minimum absolute atomic E-state index is 0.265. The molecular formula is C19H20FN3O2S. The van der Waals surface area contributed by atoms with E-state index in [1.165, 1.54) is 18.4 Å². The van der Waals surface area contributed by atoms with E-state index < -0.39 is 9.84 Å². The molecule has 1 atom stereocenters. The highest BCUT2D eigenvalue weighted by Crippen LogP contribution is 2.28. The van der Waals surface area contributed by atoms with Gasteiger partial charge in [0.05, 0.1) is 15.9 Å². The first-order valence-corrected chi connectivity index (χ1v) is 10.4. The van der Waals surface area contributed by atoms with Crippen LogP contribution in [0.25, 0.3) is 11.0 Å². The van der Waals surface area contributed by atoms with E-state index in [-0.39, 0.29) is 5.82 Å². The van der Waals surface area contributed by atoms with Crippen LogP contribution >= 0.6 is 0 Å². The van der Waals surface area contributed by atoms with Crippen molar-refractivity contribution in [1.29, 1.82) is 0 Å². The zero-order valence-corrected chi connectivity index (χ0v) is 15.3. The van der Waals surface area contributed by atoms with E-state index in [1.807, 2.05) is 12.1 Å². The Labute approximate surface area is 151 Å². The highest BCUT2D eigenvalue weighted by molar-refractivity contribution is 7.90. The number of hydrogen-bond donors (Lipinski definition) is 1. The number of benzene rings is 2. The zero-order chi connectivity index (χ0) is 18.3. The number of fused-ring (bicyclic) bond motifs is 1. The number of sulfone groups is 1. The summed E-state index contributed by atoms with van der Waals surface area (Å²) in [5.74, 6) is 0.930. The number of imidazole rings is 1. The van der Waals surface area contributed by atoms with Crippen LogP contribution < -0.4 is 0 Å². The smallest absolute Gasteiger partial charge is 0.175 e. The van der Waals surface area contributed by atoms with Crippen molar-refractivity contribution in [3.8, 4) is 0 Å². The van der Waals surface area contributed by atoms with Crippen molar-refractivity contribution in [2.45, 2.75) is 23.8 Å². The van der Waals surface area contributed by atoms with Gasteiger partial charge in [0.15, 0.2) is 9.84 Å². The van der Waals surface area contributed by atoms with Crippen molar-refractivity contribution >= 4 is 20.9 Å². The lowest BCUT2D eigenvalue weighted by atomic mass is 10.1. The number of halogens is 1. The standard InChI is InChI=1S/C19H20FN3O2S/c1-26(24,25)16-5-2-13(3-6-16)11-23-9-8-14(12-23)19-21-17-7-4-15(20)10-18(17)22-19/h2-7,10,14H,8-9,11-12H2,1H3,(H,21,22). The number of aromatic amines is 1. The molecule has 1 fully saturated rings. The molecule has 3 aromatic rings. The Morgan fingerprint density at radius 2 is 2.00 bits per heavy atom. The summed E-state index contributed by atoms with van der Waals surface area (Å²) in [5.41, 5.74) is 2.61. The molecule has 1 aliphatic rings. The second-order valence-electron chi connectivity index (χ2n) is 6.92. The second-order valence-corrected chi connectivity index (χ2v) is 8.94. The number of nitrogens with zero attached hydrogens (tertiary/aromatic N) is 2. The zero-order valence-electron chi connectivity index (χ0n) is 14.4. The first-order valence-electron chi connectivity index (χ1n) is 8.55. The number of rotatable bonds is 4. The molecule has 0 radical (unpaired) electrons. The number of hydrogen-bond acceptors (Lipinski definition) is 4. The summed E-state index contributed by atoms with van der Waals surface area (Å²) in [6.45, 7) is 2.59. The lowest BCUT2D eigenvalue weighted by Gasteiger charge is -2.15. The molecule has 4 rings (SSSR count). The number of likely N-dealkylation sites (tertiary alicyclic amines) is 1. The van der Waals surface area contributed by atoms with E-state index in [9.17, 15) is 12.8 Å². The van der Waals surface area contributed by atoms with Crippen LogP contribution in [0.15, 0.2) is 47.4 Å². The summed E-state index contributed by atoms with van der Waals surface area (Å²) in [5, 5.41) is 0. The molecule has 0 saturated carbocycles. The lowest BCUT2D eigenvalue weighted by Crippen LogP contribution is -2.20. The van der Waals surface area contributed by atoms with E-state index in [1.54, 1.807) is 18.2 Å². The Bertz CT molecular complexity index is 1040. The van der Waals surface area contributed by atoms with Crippen LogP contribution in [0.4, 0.5) is 4.39 Å². The summed E-state index contributed by atoms with van der Waals surface area (Å²) in [6.07, 6.45) is 2.20. The van der Waals surface area contributed by atoms with Crippen LogP contribution in [0.3, 0.4) is 0 Å². The normalized spacial score (nSPS) is 18.6. The Hall–Kier alpha value is -2.25. The van der Waals surface area contributed by atoms with Gasteiger partial charge in [0.1, 0.15) is 11.6 Å². The van der Waals surface area contributed by atoms with E-state index in [4.69, 9.17) is 0 Å². The molecule has 0 aliphatic carbocycles. The molecular weight excluding hydrogens is 353 g/mol. The summed E-state index contributed by atoms with van der Waals surface area (Å²) < 4.78 is 36.4. The fourth-order valence-electron chi connectivity index (χ4n) is 3.49. The van der Waals surface area contributed by atoms with Gasteiger partial charge in [-0.15, -0.1) is 0 Å². The van der Waals surface area contributed by atoms with E-state index in [2.05, 4.69) is 14.9 Å². The quantitative estimate of drug-likeness (QED) is 0.763. The van der Waals surface area contributed by atoms with Crippen LogP contribution in [0.1, 0.15) is 23.7 Å². The van der Waals surface area contributed by atoms with Crippen LogP contribution in [0.5, 0.6) is 0 Å². The van der Waals surface area contributed by atoms with Gasteiger partial charge in [-0.25, -0.2) is 17.8 Å². The maximum atomic E-state index is 13.3. The van der Waals surface area contributed by atoms with Crippen molar-refractivity contribution in [1.82, 2.24) is 14.9 Å². The fourth-order valence-corrected chi connectivity index (χ4v) is 4.13. The van der Waals surface area contributed by atoms with Crippen molar-refractivity contribution < 1.29 is 12.8 Å². The molecule has 0 spiro atoms. The molecule has 2 aromatic carbocycles. The first kappa shape index (κ1) is 17.2. The fraction of sp³-hybridized carbons (Fsp3) is 0.316. The van der Waals surface area contributed by atoms with Gasteiger partial charge in [0.25, 0.3) is 0 Å². The average Bonchev–Trinajstić information content (AvgIpc) is 3.20. The van der Waals surface area contributed by atoms with Crippen LogP contribution in [-0.4, -0.2) is 42.6 Å². The van der Waals surface area contributed by atoms with Crippen LogP contribution in [0, 0.1) is 5.82 Å². The minimum Gasteiger partial charge on any atom is -0.342 e. The third-order valence-electron chi connectivity index (χ3n) is 4.88. The molecule has 1 aromatic heterocycles. The molecule has 1 saturated heterocycles. The predicted molar refractivity (Wildman–Crippen MR) is 98.2 cm³/mol. The summed E-state index contributed by atoms with van der Waals surface area (Å²) in [6, 6.07) is 11.6. The Morgan fingerprint density at radius 1 is 1.23 bits per heavy atom.